The summed E-state index contributed by atoms with van der Waals surface area (Å²) < 4.78 is 5.35. The van der Waals surface area contributed by atoms with Crippen molar-refractivity contribution in [1.29, 1.82) is 0 Å². The second-order valence-corrected chi connectivity index (χ2v) is 3.63. The molecule has 1 aliphatic rings. The van der Waals surface area contributed by atoms with Gasteiger partial charge in [-0.25, -0.2) is 0 Å². The molecular weight excluding hydrogens is 206 g/mol. The number of ether oxygens (including phenoxy) is 1. The van der Waals surface area contributed by atoms with Crippen molar-refractivity contribution in [1.82, 2.24) is 5.32 Å². The fourth-order valence-corrected chi connectivity index (χ4v) is 1.71. The van der Waals surface area contributed by atoms with Crippen LogP contribution in [0.25, 0.3) is 0 Å². The van der Waals surface area contributed by atoms with E-state index in [9.17, 15) is 4.79 Å². The van der Waals surface area contributed by atoms with Gasteiger partial charge in [0.15, 0.2) is 6.61 Å². The number of amides is 1. The van der Waals surface area contributed by atoms with Crippen molar-refractivity contribution in [2.75, 3.05) is 25.2 Å². The first-order valence-corrected chi connectivity index (χ1v) is 5.17. The highest BCUT2D eigenvalue weighted by Gasteiger charge is 2.24. The predicted molar refractivity (Wildman–Crippen MR) is 61.2 cm³/mol. The molecule has 0 aromatic heterocycles. The number of nitrogens with zero attached hydrogens (tertiary/aromatic N) is 1. The molecule has 86 valence electrons. The highest BCUT2D eigenvalue weighted by atomic mass is 16.5. The van der Waals surface area contributed by atoms with Gasteiger partial charge >= 0.3 is 0 Å². The van der Waals surface area contributed by atoms with E-state index >= 15 is 0 Å². The van der Waals surface area contributed by atoms with E-state index in [0.29, 0.717) is 13.2 Å². The summed E-state index contributed by atoms with van der Waals surface area (Å²) in [6.07, 6.45) is 0. The van der Waals surface area contributed by atoms with Crippen LogP contribution in [0.1, 0.15) is 5.56 Å². The van der Waals surface area contributed by atoms with Crippen molar-refractivity contribution in [3.63, 3.8) is 0 Å². The van der Waals surface area contributed by atoms with Gasteiger partial charge in [-0.3, -0.25) is 9.69 Å². The largest absolute Gasteiger partial charge is 0.482 e. The summed E-state index contributed by atoms with van der Waals surface area (Å²) >= 11 is 0. The Hall–Kier alpha value is -1.59. The SMILES string of the molecule is CNCN1C(=O)COc2ccc(CN)cc21. The standard InChI is InChI=1S/C11H15N3O2/c1-13-7-14-9-4-8(5-12)2-3-10(9)16-6-11(14)15/h2-4,13H,5-7,12H2,1H3. The molecular formula is C11H15N3O2. The molecule has 0 bridgehead atoms. The molecule has 1 aliphatic heterocycles. The lowest BCUT2D eigenvalue weighted by Crippen LogP contribution is -2.43. The quantitative estimate of drug-likeness (QED) is 0.756. The summed E-state index contributed by atoms with van der Waals surface area (Å²) in [5.41, 5.74) is 7.35. The summed E-state index contributed by atoms with van der Waals surface area (Å²) in [6.45, 7) is 1.02. The fourth-order valence-electron chi connectivity index (χ4n) is 1.71. The minimum atomic E-state index is -0.0454. The summed E-state index contributed by atoms with van der Waals surface area (Å²) in [4.78, 5) is 13.3. The third kappa shape index (κ3) is 1.87. The van der Waals surface area contributed by atoms with Crippen molar-refractivity contribution >= 4 is 11.6 Å². The molecule has 0 unspecified atom stereocenters. The van der Waals surface area contributed by atoms with E-state index in [4.69, 9.17) is 10.5 Å². The highest BCUT2D eigenvalue weighted by Crippen LogP contribution is 2.32. The number of benzene rings is 1. The van der Waals surface area contributed by atoms with Crippen molar-refractivity contribution in [2.45, 2.75) is 6.54 Å². The second kappa shape index (κ2) is 4.51. The van der Waals surface area contributed by atoms with Gasteiger partial charge in [-0.1, -0.05) is 6.07 Å². The van der Waals surface area contributed by atoms with E-state index in [1.807, 2.05) is 18.2 Å². The topological polar surface area (TPSA) is 67.6 Å². The van der Waals surface area contributed by atoms with Crippen LogP contribution in [-0.4, -0.2) is 26.2 Å². The zero-order valence-electron chi connectivity index (χ0n) is 9.19. The van der Waals surface area contributed by atoms with Crippen LogP contribution in [0.4, 0.5) is 5.69 Å². The van der Waals surface area contributed by atoms with E-state index < -0.39 is 0 Å². The van der Waals surface area contributed by atoms with E-state index in [0.717, 1.165) is 17.0 Å². The van der Waals surface area contributed by atoms with Gasteiger partial charge in [-0.05, 0) is 24.7 Å². The van der Waals surface area contributed by atoms with Gasteiger partial charge in [0, 0.05) is 6.54 Å². The van der Waals surface area contributed by atoms with Gasteiger partial charge in [0.2, 0.25) is 0 Å². The molecule has 1 aromatic carbocycles. The third-order valence-corrected chi connectivity index (χ3v) is 2.52. The van der Waals surface area contributed by atoms with Crippen LogP contribution in [0, 0.1) is 0 Å². The molecule has 0 atom stereocenters. The van der Waals surface area contributed by atoms with Crippen molar-refractivity contribution in [2.24, 2.45) is 5.73 Å². The first kappa shape index (κ1) is 10.9. The maximum atomic E-state index is 11.7. The lowest BCUT2D eigenvalue weighted by atomic mass is 10.1. The Kier molecular flexibility index (Phi) is 3.07. The van der Waals surface area contributed by atoms with E-state index in [1.54, 1.807) is 11.9 Å². The zero-order chi connectivity index (χ0) is 11.5. The number of nitrogens with two attached hydrogens (primary N) is 1. The maximum Gasteiger partial charge on any atom is 0.266 e. The van der Waals surface area contributed by atoms with Crippen LogP contribution < -0.4 is 20.7 Å². The summed E-state index contributed by atoms with van der Waals surface area (Å²) in [7, 11) is 1.80. The lowest BCUT2D eigenvalue weighted by molar-refractivity contribution is -0.121. The fraction of sp³-hybridized carbons (Fsp3) is 0.364. The number of fused-ring (bicyclic) bond motifs is 1. The number of nitrogens with one attached hydrogen (secondary N) is 1. The van der Waals surface area contributed by atoms with Crippen molar-refractivity contribution in [3.05, 3.63) is 23.8 Å². The minimum Gasteiger partial charge on any atom is -0.482 e. The first-order valence-electron chi connectivity index (χ1n) is 5.17. The summed E-state index contributed by atoms with van der Waals surface area (Å²) in [6, 6.07) is 5.66. The van der Waals surface area contributed by atoms with E-state index in [1.165, 1.54) is 0 Å². The lowest BCUT2D eigenvalue weighted by Gasteiger charge is -2.29. The van der Waals surface area contributed by atoms with Crippen molar-refractivity contribution in [3.8, 4) is 5.75 Å². The molecule has 5 heteroatoms. The monoisotopic (exact) mass is 221 g/mol. The number of carbonyl (C=O) groups is 1. The molecule has 0 spiro atoms. The average Bonchev–Trinajstić information content (AvgIpc) is 2.32. The van der Waals surface area contributed by atoms with Gasteiger partial charge in [-0.15, -0.1) is 0 Å². The number of carbonyl (C=O) groups excluding carboxylic acids is 1. The number of hydrogen-bond donors (Lipinski definition) is 2. The number of rotatable bonds is 3. The minimum absolute atomic E-state index is 0.0454. The third-order valence-electron chi connectivity index (χ3n) is 2.52. The number of hydrogen-bond acceptors (Lipinski definition) is 4. The molecule has 1 aromatic rings. The Bertz CT molecular complexity index is 406. The van der Waals surface area contributed by atoms with Gasteiger partial charge in [-0.2, -0.15) is 0 Å². The van der Waals surface area contributed by atoms with Crippen LogP contribution >= 0.6 is 0 Å². The van der Waals surface area contributed by atoms with Gasteiger partial charge in [0.05, 0.1) is 12.4 Å². The van der Waals surface area contributed by atoms with Gasteiger partial charge in [0.25, 0.3) is 5.91 Å². The molecule has 0 fully saturated rings. The van der Waals surface area contributed by atoms with Crippen molar-refractivity contribution < 1.29 is 9.53 Å². The molecule has 1 amide bonds. The van der Waals surface area contributed by atoms with Gasteiger partial charge < -0.3 is 15.8 Å². The smallest absolute Gasteiger partial charge is 0.266 e. The van der Waals surface area contributed by atoms with Crippen LogP contribution in [0.5, 0.6) is 5.75 Å². The molecule has 0 saturated heterocycles. The molecule has 0 aliphatic carbocycles. The van der Waals surface area contributed by atoms with Crippen LogP contribution in [0.2, 0.25) is 0 Å². The molecule has 0 radical (unpaired) electrons. The van der Waals surface area contributed by atoms with Crippen LogP contribution in [0.3, 0.4) is 0 Å². The van der Waals surface area contributed by atoms with E-state index in [2.05, 4.69) is 5.32 Å². The zero-order valence-corrected chi connectivity index (χ0v) is 9.19. The molecule has 0 saturated carbocycles. The first-order chi connectivity index (χ1) is 7.76. The summed E-state index contributed by atoms with van der Waals surface area (Å²) in [5, 5.41) is 2.96. The average molecular weight is 221 g/mol. The highest BCUT2D eigenvalue weighted by molar-refractivity contribution is 5.97. The number of anilines is 1. The van der Waals surface area contributed by atoms with Crippen LogP contribution in [-0.2, 0) is 11.3 Å². The summed E-state index contributed by atoms with van der Waals surface area (Å²) in [5.74, 6) is 0.683. The van der Waals surface area contributed by atoms with Gasteiger partial charge in [0.1, 0.15) is 5.75 Å². The molecule has 16 heavy (non-hydrogen) atoms. The Morgan fingerprint density at radius 3 is 3.06 bits per heavy atom. The Balaban J connectivity index is 2.39. The predicted octanol–water partition coefficient (Wildman–Crippen LogP) is 0.0476. The normalized spacial score (nSPS) is 14.6. The second-order valence-electron chi connectivity index (χ2n) is 3.63. The maximum absolute atomic E-state index is 11.7. The molecule has 3 N–H and O–H groups in total. The molecule has 1 heterocycles. The Labute approximate surface area is 94.2 Å². The molecule has 5 nitrogen and oxygen atoms in total. The Morgan fingerprint density at radius 2 is 2.38 bits per heavy atom. The molecule has 2 rings (SSSR count). The van der Waals surface area contributed by atoms with Crippen LogP contribution in [0.15, 0.2) is 18.2 Å². The Morgan fingerprint density at radius 1 is 1.56 bits per heavy atom. The van der Waals surface area contributed by atoms with E-state index in [-0.39, 0.29) is 12.5 Å².